The summed E-state index contributed by atoms with van der Waals surface area (Å²) in [6, 6.07) is 0. The number of carbonyl (C=O) groups excluding carboxylic acids is 1. The lowest BCUT2D eigenvalue weighted by atomic mass is 10.1. The maximum absolute atomic E-state index is 11.6. The second-order valence-corrected chi connectivity index (χ2v) is 5.33. The number of thiazole rings is 1. The topological polar surface area (TPSA) is 42.0 Å². The second-order valence-electron chi connectivity index (χ2n) is 4.45. The van der Waals surface area contributed by atoms with Crippen molar-refractivity contribution in [3.8, 4) is 0 Å². The van der Waals surface area contributed by atoms with E-state index in [1.807, 2.05) is 0 Å². The van der Waals surface area contributed by atoms with Gasteiger partial charge in [-0.3, -0.25) is 9.78 Å². The number of rotatable bonds is 6. The van der Waals surface area contributed by atoms with Gasteiger partial charge >= 0.3 is 0 Å². The zero-order valence-electron chi connectivity index (χ0n) is 11.2. The van der Waals surface area contributed by atoms with Crippen molar-refractivity contribution >= 4 is 17.2 Å². The maximum Gasteiger partial charge on any atom is 0.263 e. The Kier molecular flexibility index (Phi) is 6.36. The Morgan fingerprint density at radius 2 is 2.17 bits per heavy atom. The Labute approximate surface area is 113 Å². The third-order valence-electron chi connectivity index (χ3n) is 2.46. The SMILES string of the molecule is CC(C)=CCC/C(C)=C/CNC(=O)c1cncs1. The summed E-state index contributed by atoms with van der Waals surface area (Å²) in [5, 5.41) is 2.85. The summed E-state index contributed by atoms with van der Waals surface area (Å²) < 4.78 is 0. The zero-order chi connectivity index (χ0) is 13.4. The quantitative estimate of drug-likeness (QED) is 0.798. The Bertz CT molecular complexity index is 429. The molecule has 0 saturated carbocycles. The number of amides is 1. The van der Waals surface area contributed by atoms with E-state index < -0.39 is 0 Å². The van der Waals surface area contributed by atoms with Gasteiger partial charge in [-0.25, -0.2) is 0 Å². The first-order valence-electron chi connectivity index (χ1n) is 6.05. The standard InChI is InChI=1S/C14H20N2OS/c1-11(2)5-4-6-12(3)7-8-16-14(17)13-9-15-10-18-13/h5,7,9-10H,4,6,8H2,1-3H3,(H,16,17)/b12-7+. The van der Waals surface area contributed by atoms with Gasteiger partial charge in [-0.1, -0.05) is 23.3 Å². The average molecular weight is 264 g/mol. The summed E-state index contributed by atoms with van der Waals surface area (Å²) in [6.07, 6.45) is 7.99. The molecule has 0 aliphatic rings. The first-order valence-corrected chi connectivity index (χ1v) is 6.93. The van der Waals surface area contributed by atoms with Gasteiger partial charge in [0.2, 0.25) is 0 Å². The van der Waals surface area contributed by atoms with Crippen LogP contribution in [-0.2, 0) is 0 Å². The van der Waals surface area contributed by atoms with Crippen LogP contribution in [0.3, 0.4) is 0 Å². The third-order valence-corrected chi connectivity index (χ3v) is 3.23. The number of nitrogens with one attached hydrogen (secondary N) is 1. The lowest BCUT2D eigenvalue weighted by Gasteiger charge is -2.01. The van der Waals surface area contributed by atoms with Gasteiger partial charge in [0.05, 0.1) is 11.7 Å². The van der Waals surface area contributed by atoms with Crippen molar-refractivity contribution in [3.05, 3.63) is 39.9 Å². The molecule has 18 heavy (non-hydrogen) atoms. The molecule has 0 unspecified atom stereocenters. The minimum absolute atomic E-state index is 0.0501. The minimum Gasteiger partial charge on any atom is -0.348 e. The smallest absolute Gasteiger partial charge is 0.263 e. The van der Waals surface area contributed by atoms with Gasteiger partial charge in [0.1, 0.15) is 4.88 Å². The molecule has 0 radical (unpaired) electrons. The molecule has 1 amide bonds. The molecule has 0 aliphatic carbocycles. The van der Waals surface area contributed by atoms with Gasteiger partial charge in [-0.15, -0.1) is 11.3 Å². The summed E-state index contributed by atoms with van der Waals surface area (Å²) in [7, 11) is 0. The maximum atomic E-state index is 11.6. The van der Waals surface area contributed by atoms with Crippen LogP contribution in [0.25, 0.3) is 0 Å². The minimum atomic E-state index is -0.0501. The lowest BCUT2D eigenvalue weighted by molar-refractivity contribution is 0.0962. The van der Waals surface area contributed by atoms with Crippen LogP contribution in [0.4, 0.5) is 0 Å². The molecule has 0 aliphatic heterocycles. The van der Waals surface area contributed by atoms with Crippen molar-refractivity contribution < 1.29 is 4.79 Å². The van der Waals surface area contributed by atoms with Crippen molar-refractivity contribution in [1.29, 1.82) is 0 Å². The van der Waals surface area contributed by atoms with Crippen LogP contribution in [-0.4, -0.2) is 17.4 Å². The molecule has 1 heterocycles. The number of nitrogens with zero attached hydrogens (tertiary/aromatic N) is 1. The largest absolute Gasteiger partial charge is 0.348 e. The fraction of sp³-hybridized carbons (Fsp3) is 0.429. The summed E-state index contributed by atoms with van der Waals surface area (Å²) in [5.41, 5.74) is 4.31. The fourth-order valence-corrected chi connectivity index (χ4v) is 1.96. The molecule has 1 aromatic heterocycles. The molecule has 4 heteroatoms. The van der Waals surface area contributed by atoms with Crippen molar-refractivity contribution in [2.24, 2.45) is 0 Å². The van der Waals surface area contributed by atoms with Crippen molar-refractivity contribution in [2.45, 2.75) is 33.6 Å². The Balaban J connectivity index is 2.27. The van der Waals surface area contributed by atoms with Crippen LogP contribution >= 0.6 is 11.3 Å². The molecule has 98 valence electrons. The lowest BCUT2D eigenvalue weighted by Crippen LogP contribution is -2.22. The molecule has 0 spiro atoms. The zero-order valence-corrected chi connectivity index (χ0v) is 12.0. The molecular formula is C14H20N2OS. The highest BCUT2D eigenvalue weighted by Gasteiger charge is 2.04. The number of hydrogen-bond acceptors (Lipinski definition) is 3. The predicted molar refractivity (Wildman–Crippen MR) is 76.9 cm³/mol. The van der Waals surface area contributed by atoms with E-state index in [1.54, 1.807) is 11.7 Å². The van der Waals surface area contributed by atoms with Crippen LogP contribution in [0.15, 0.2) is 35.0 Å². The number of aromatic nitrogens is 1. The highest BCUT2D eigenvalue weighted by Crippen LogP contribution is 2.07. The van der Waals surface area contributed by atoms with Gasteiger partial charge in [0.15, 0.2) is 0 Å². The summed E-state index contributed by atoms with van der Waals surface area (Å²) in [5.74, 6) is -0.0501. The molecule has 3 nitrogen and oxygen atoms in total. The molecular weight excluding hydrogens is 244 g/mol. The summed E-state index contributed by atoms with van der Waals surface area (Å²) in [6.45, 7) is 6.89. The van der Waals surface area contributed by atoms with E-state index in [2.05, 4.69) is 43.2 Å². The highest BCUT2D eigenvalue weighted by molar-refractivity contribution is 7.11. The predicted octanol–water partition coefficient (Wildman–Crippen LogP) is 3.57. The summed E-state index contributed by atoms with van der Waals surface area (Å²) >= 11 is 1.36. The number of hydrogen-bond donors (Lipinski definition) is 1. The first-order chi connectivity index (χ1) is 8.59. The molecule has 0 saturated heterocycles. The van der Waals surface area contributed by atoms with Crippen molar-refractivity contribution in [1.82, 2.24) is 10.3 Å². The normalized spacial score (nSPS) is 11.2. The number of allylic oxidation sites excluding steroid dienone is 3. The van der Waals surface area contributed by atoms with E-state index in [-0.39, 0.29) is 5.91 Å². The monoisotopic (exact) mass is 264 g/mol. The van der Waals surface area contributed by atoms with Crippen LogP contribution in [0.2, 0.25) is 0 Å². The van der Waals surface area contributed by atoms with E-state index in [9.17, 15) is 4.79 Å². The molecule has 1 aromatic rings. The van der Waals surface area contributed by atoms with Crippen LogP contribution in [0, 0.1) is 0 Å². The highest BCUT2D eigenvalue weighted by atomic mass is 32.1. The van der Waals surface area contributed by atoms with E-state index >= 15 is 0 Å². The second kappa shape index (κ2) is 7.82. The van der Waals surface area contributed by atoms with Crippen molar-refractivity contribution in [2.75, 3.05) is 6.54 Å². The Hall–Kier alpha value is -1.42. The van der Waals surface area contributed by atoms with Gasteiger partial charge < -0.3 is 5.32 Å². The molecule has 0 fully saturated rings. The van der Waals surface area contributed by atoms with Crippen molar-refractivity contribution in [3.63, 3.8) is 0 Å². The van der Waals surface area contributed by atoms with Crippen LogP contribution < -0.4 is 5.32 Å². The van der Waals surface area contributed by atoms with E-state index in [4.69, 9.17) is 0 Å². The molecule has 0 atom stereocenters. The first kappa shape index (κ1) is 14.6. The third kappa shape index (κ3) is 5.77. The van der Waals surface area contributed by atoms with E-state index in [0.717, 1.165) is 12.8 Å². The summed E-state index contributed by atoms with van der Waals surface area (Å²) in [4.78, 5) is 16.1. The molecule has 1 rings (SSSR count). The van der Waals surface area contributed by atoms with Gasteiger partial charge in [0.25, 0.3) is 5.91 Å². The molecule has 0 bridgehead atoms. The van der Waals surface area contributed by atoms with Gasteiger partial charge in [-0.05, 0) is 33.6 Å². The number of carbonyl (C=O) groups is 1. The Morgan fingerprint density at radius 3 is 2.78 bits per heavy atom. The molecule has 0 aromatic carbocycles. The Morgan fingerprint density at radius 1 is 1.39 bits per heavy atom. The van der Waals surface area contributed by atoms with Gasteiger partial charge in [0, 0.05) is 6.54 Å². The fourth-order valence-electron chi connectivity index (χ4n) is 1.42. The van der Waals surface area contributed by atoms with E-state index in [0.29, 0.717) is 11.4 Å². The van der Waals surface area contributed by atoms with E-state index in [1.165, 1.54) is 22.5 Å². The molecule has 1 N–H and O–H groups in total. The average Bonchev–Trinajstić information content (AvgIpc) is 2.81. The van der Waals surface area contributed by atoms with Gasteiger partial charge in [-0.2, -0.15) is 0 Å². The van der Waals surface area contributed by atoms with Crippen LogP contribution in [0.5, 0.6) is 0 Å². The van der Waals surface area contributed by atoms with Crippen LogP contribution in [0.1, 0.15) is 43.3 Å².